The van der Waals surface area contributed by atoms with E-state index in [1.165, 1.54) is 12.3 Å². The largest absolute Gasteiger partial charge is 0.477 e. The predicted molar refractivity (Wildman–Crippen MR) is 136 cm³/mol. The maximum atomic E-state index is 15.2. The number of hydrogen-bond donors (Lipinski definition) is 1. The minimum Gasteiger partial charge on any atom is -0.477 e. The zero-order valence-corrected chi connectivity index (χ0v) is 20.5. The van der Waals surface area contributed by atoms with Gasteiger partial charge in [0.2, 0.25) is 17.2 Å². The van der Waals surface area contributed by atoms with Crippen molar-refractivity contribution in [2.45, 2.75) is 25.4 Å². The highest BCUT2D eigenvalue weighted by molar-refractivity contribution is 6.30. The summed E-state index contributed by atoms with van der Waals surface area (Å²) < 4.78 is 22.8. The van der Waals surface area contributed by atoms with Crippen LogP contribution in [0.1, 0.15) is 35.1 Å². The van der Waals surface area contributed by atoms with Gasteiger partial charge < -0.3 is 19.0 Å². The second kappa shape index (κ2) is 9.28. The summed E-state index contributed by atoms with van der Waals surface area (Å²) in [7, 11) is 0. The summed E-state index contributed by atoms with van der Waals surface area (Å²) in [5.41, 5.74) is 0.774. The molecule has 1 aliphatic carbocycles. The van der Waals surface area contributed by atoms with Crippen LogP contribution in [0, 0.1) is 5.82 Å². The maximum absolute atomic E-state index is 15.2. The summed E-state index contributed by atoms with van der Waals surface area (Å²) in [5, 5.41) is 18.4. The summed E-state index contributed by atoms with van der Waals surface area (Å²) in [6.45, 7) is 2.93. The fourth-order valence-electron chi connectivity index (χ4n) is 4.77. The second-order valence-electron chi connectivity index (χ2n) is 9.41. The Labute approximate surface area is 215 Å². The van der Waals surface area contributed by atoms with Crippen LogP contribution in [0.2, 0.25) is 5.02 Å². The van der Waals surface area contributed by atoms with E-state index in [2.05, 4.69) is 15.1 Å². The van der Waals surface area contributed by atoms with Crippen LogP contribution in [-0.2, 0) is 6.54 Å². The topological polar surface area (TPSA) is 105 Å². The number of aromatic nitrogens is 3. The monoisotopic (exact) mass is 523 g/mol. The number of anilines is 1. The Bertz CT molecular complexity index is 1560. The number of nitrogens with zero attached hydrogens (tertiary/aromatic N) is 5. The molecule has 11 heteroatoms. The molecule has 2 aliphatic rings. The fourth-order valence-corrected chi connectivity index (χ4v) is 4.90. The van der Waals surface area contributed by atoms with Gasteiger partial charge in [-0.05, 0) is 49.2 Å². The number of fused-ring (bicyclic) bond motifs is 1. The lowest BCUT2D eigenvalue weighted by molar-refractivity contribution is 0.0695. The highest BCUT2D eigenvalue weighted by Crippen LogP contribution is 2.38. The van der Waals surface area contributed by atoms with E-state index in [0.717, 1.165) is 18.4 Å². The Morgan fingerprint density at radius 1 is 1.11 bits per heavy atom. The first-order chi connectivity index (χ1) is 17.9. The minimum absolute atomic E-state index is 0.0968. The van der Waals surface area contributed by atoms with E-state index in [1.54, 1.807) is 18.2 Å². The van der Waals surface area contributed by atoms with Crippen molar-refractivity contribution in [2.75, 3.05) is 31.1 Å². The van der Waals surface area contributed by atoms with E-state index < -0.39 is 17.2 Å². The summed E-state index contributed by atoms with van der Waals surface area (Å²) in [6, 6.07) is 10.2. The lowest BCUT2D eigenvalue weighted by atomic mass is 10.1. The molecule has 6 rings (SSSR count). The molecule has 9 nitrogen and oxygen atoms in total. The van der Waals surface area contributed by atoms with Crippen LogP contribution >= 0.6 is 11.6 Å². The minimum atomic E-state index is -1.30. The van der Waals surface area contributed by atoms with Crippen LogP contribution in [0.5, 0.6) is 0 Å². The maximum Gasteiger partial charge on any atom is 0.341 e. The molecule has 4 aromatic rings. The lowest BCUT2D eigenvalue weighted by Crippen LogP contribution is -2.46. The summed E-state index contributed by atoms with van der Waals surface area (Å²) in [6.07, 6.45) is 3.20. The third-order valence-corrected chi connectivity index (χ3v) is 7.15. The molecule has 1 saturated heterocycles. The second-order valence-corrected chi connectivity index (χ2v) is 9.84. The van der Waals surface area contributed by atoms with Crippen molar-refractivity contribution in [2.24, 2.45) is 0 Å². The van der Waals surface area contributed by atoms with Crippen molar-refractivity contribution in [3.8, 4) is 11.5 Å². The zero-order valence-electron chi connectivity index (χ0n) is 19.7. The molecule has 2 aromatic heterocycles. The molecule has 0 spiro atoms. The number of pyridine rings is 1. The molecule has 1 aliphatic heterocycles. The van der Waals surface area contributed by atoms with Crippen molar-refractivity contribution < 1.29 is 18.7 Å². The molecule has 0 amide bonds. The SMILES string of the molecule is O=C(O)c1cn(C2CC2)c2cc(N3CCN(Cc4nnc(-c5ccc(Cl)cc5)o4)CC3)c(F)cc2c1=O. The third-order valence-electron chi connectivity index (χ3n) is 6.90. The van der Waals surface area contributed by atoms with E-state index >= 15 is 4.39 Å². The van der Waals surface area contributed by atoms with Crippen molar-refractivity contribution in [1.82, 2.24) is 19.7 Å². The van der Waals surface area contributed by atoms with E-state index in [4.69, 9.17) is 16.0 Å². The summed E-state index contributed by atoms with van der Waals surface area (Å²) in [4.78, 5) is 28.4. The van der Waals surface area contributed by atoms with Gasteiger partial charge in [0.25, 0.3) is 0 Å². The number of hydrogen-bond acceptors (Lipinski definition) is 7. The average Bonchev–Trinajstić information content (AvgIpc) is 3.63. The summed E-state index contributed by atoms with van der Waals surface area (Å²) >= 11 is 5.94. The molecule has 1 saturated carbocycles. The Morgan fingerprint density at radius 3 is 2.51 bits per heavy atom. The van der Waals surface area contributed by atoms with Crippen LogP contribution in [0.25, 0.3) is 22.4 Å². The number of rotatable bonds is 6. The van der Waals surface area contributed by atoms with Crippen molar-refractivity contribution in [3.05, 3.63) is 75.1 Å². The molecule has 0 radical (unpaired) electrons. The molecule has 2 fully saturated rings. The molecule has 2 aromatic carbocycles. The van der Waals surface area contributed by atoms with Gasteiger partial charge >= 0.3 is 5.97 Å². The van der Waals surface area contributed by atoms with Gasteiger partial charge in [-0.2, -0.15) is 0 Å². The molecule has 0 atom stereocenters. The van der Waals surface area contributed by atoms with Gasteiger partial charge in [-0.15, -0.1) is 10.2 Å². The van der Waals surface area contributed by atoms with Gasteiger partial charge in [-0.3, -0.25) is 9.69 Å². The number of benzene rings is 2. The van der Waals surface area contributed by atoms with Gasteiger partial charge in [0.15, 0.2) is 0 Å². The van der Waals surface area contributed by atoms with Gasteiger partial charge in [-0.25, -0.2) is 9.18 Å². The van der Waals surface area contributed by atoms with Crippen molar-refractivity contribution >= 4 is 34.2 Å². The first-order valence-electron chi connectivity index (χ1n) is 12.0. The number of carboxylic acids is 1. The Morgan fingerprint density at radius 2 is 1.84 bits per heavy atom. The fraction of sp³-hybridized carbons (Fsp3) is 0.308. The van der Waals surface area contributed by atoms with Gasteiger partial charge in [-0.1, -0.05) is 11.6 Å². The molecular weight excluding hydrogens is 501 g/mol. The van der Waals surface area contributed by atoms with E-state index in [-0.39, 0.29) is 17.0 Å². The van der Waals surface area contributed by atoms with E-state index in [1.807, 2.05) is 21.6 Å². The molecular formula is C26H23ClFN5O4. The Kier molecular flexibility index (Phi) is 5.92. The number of piperazine rings is 1. The molecule has 3 heterocycles. The predicted octanol–water partition coefficient (Wildman–Crippen LogP) is 4.20. The highest BCUT2D eigenvalue weighted by atomic mass is 35.5. The molecule has 0 bridgehead atoms. The first kappa shape index (κ1) is 23.6. The quantitative estimate of drug-likeness (QED) is 0.401. The molecule has 190 valence electrons. The highest BCUT2D eigenvalue weighted by Gasteiger charge is 2.28. The van der Waals surface area contributed by atoms with Crippen LogP contribution in [0.15, 0.2) is 51.8 Å². The van der Waals surface area contributed by atoms with Crippen LogP contribution in [-0.4, -0.2) is 56.9 Å². The standard InChI is InChI=1S/C26H23ClFN5O4/c27-16-3-1-15(2-4-16)25-30-29-23(37-25)14-31-7-9-32(10-8-31)22-12-21-18(11-20(22)28)24(34)19(26(35)36)13-33(21)17-5-6-17/h1-4,11-13,17H,5-10,14H2,(H,35,36). The van der Waals surface area contributed by atoms with Gasteiger partial charge in [0.1, 0.15) is 11.4 Å². The van der Waals surface area contributed by atoms with Crippen LogP contribution < -0.4 is 10.3 Å². The van der Waals surface area contributed by atoms with Crippen LogP contribution in [0.4, 0.5) is 10.1 Å². The Hall–Kier alpha value is -3.76. The van der Waals surface area contributed by atoms with E-state index in [9.17, 15) is 14.7 Å². The average molecular weight is 524 g/mol. The molecule has 1 N–H and O–H groups in total. The van der Waals surface area contributed by atoms with Gasteiger partial charge in [0, 0.05) is 54.4 Å². The zero-order chi connectivity index (χ0) is 25.7. The molecule has 37 heavy (non-hydrogen) atoms. The third kappa shape index (κ3) is 4.58. The number of halogens is 2. The number of carboxylic acid groups (broad SMARTS) is 1. The summed E-state index contributed by atoms with van der Waals surface area (Å²) in [5.74, 6) is -0.912. The first-order valence-corrected chi connectivity index (χ1v) is 12.4. The van der Waals surface area contributed by atoms with Crippen molar-refractivity contribution in [3.63, 3.8) is 0 Å². The normalized spacial score (nSPS) is 16.4. The Balaban J connectivity index is 1.19. The van der Waals surface area contributed by atoms with Crippen molar-refractivity contribution in [1.29, 1.82) is 0 Å². The van der Waals surface area contributed by atoms with Gasteiger partial charge in [0.05, 0.1) is 17.7 Å². The smallest absolute Gasteiger partial charge is 0.341 e. The lowest BCUT2D eigenvalue weighted by Gasteiger charge is -2.35. The van der Waals surface area contributed by atoms with Crippen LogP contribution in [0.3, 0.4) is 0 Å². The number of aromatic carboxylic acids is 1. The molecule has 0 unspecified atom stereocenters. The van der Waals surface area contributed by atoms with E-state index in [0.29, 0.717) is 60.7 Å². The number of carbonyl (C=O) groups is 1.